The first-order chi connectivity index (χ1) is 27.3. The Balaban J connectivity index is 1.16. The topological polar surface area (TPSA) is 38.7 Å². The fourth-order valence-corrected chi connectivity index (χ4v) is 9.05. The highest BCUT2D eigenvalue weighted by molar-refractivity contribution is 5.98. The lowest BCUT2D eigenvalue weighted by molar-refractivity contribution is 0.775. The standard InChI is InChI=1S/C52H33N3/c1-2-12-36(13-3-1)49-33-50(55-51(54-49)37-24-22-34(23-25-37)35-28-30-53-31-29-35)38-26-27-48-44(32-38)40-15-5-4-14-39(40)41-16-6-9-19-45(41)52(48)46-20-10-7-17-42(46)43-18-8-11-21-47(43)52/h1-33H. The van der Waals surface area contributed by atoms with E-state index in [1.807, 2.05) is 30.6 Å². The number of aromatic nitrogens is 3. The Labute approximate surface area is 320 Å². The Morgan fingerprint density at radius 2 is 0.727 bits per heavy atom. The van der Waals surface area contributed by atoms with E-state index >= 15 is 0 Å². The molecule has 0 atom stereocenters. The van der Waals surface area contributed by atoms with E-state index in [1.54, 1.807) is 0 Å². The van der Waals surface area contributed by atoms with Gasteiger partial charge in [0.1, 0.15) is 0 Å². The molecule has 256 valence electrons. The van der Waals surface area contributed by atoms with Crippen LogP contribution in [-0.4, -0.2) is 15.0 Å². The summed E-state index contributed by atoms with van der Waals surface area (Å²) < 4.78 is 0. The largest absolute Gasteiger partial charge is 0.265 e. The zero-order valence-electron chi connectivity index (χ0n) is 29.9. The van der Waals surface area contributed by atoms with E-state index in [2.05, 4.69) is 175 Å². The Morgan fingerprint density at radius 1 is 0.291 bits per heavy atom. The van der Waals surface area contributed by atoms with Crippen molar-refractivity contribution in [1.82, 2.24) is 15.0 Å². The van der Waals surface area contributed by atoms with E-state index in [0.717, 1.165) is 39.2 Å². The number of hydrogen-bond acceptors (Lipinski definition) is 3. The third kappa shape index (κ3) is 4.80. The molecular weight excluding hydrogens is 667 g/mol. The Morgan fingerprint density at radius 3 is 1.35 bits per heavy atom. The van der Waals surface area contributed by atoms with Crippen LogP contribution in [0.4, 0.5) is 0 Å². The summed E-state index contributed by atoms with van der Waals surface area (Å²) in [5, 5.41) is 0. The normalized spacial score (nSPS) is 12.9. The first-order valence-electron chi connectivity index (χ1n) is 18.8. The summed E-state index contributed by atoms with van der Waals surface area (Å²) in [6.07, 6.45) is 3.65. The van der Waals surface area contributed by atoms with Gasteiger partial charge in [0.05, 0.1) is 16.8 Å². The molecule has 0 aliphatic heterocycles. The highest BCUT2D eigenvalue weighted by atomic mass is 14.9. The zero-order valence-corrected chi connectivity index (χ0v) is 29.9. The highest BCUT2D eigenvalue weighted by Gasteiger charge is 2.49. The molecule has 3 heteroatoms. The van der Waals surface area contributed by atoms with Crippen molar-refractivity contribution in [3.05, 3.63) is 223 Å². The number of rotatable bonds is 4. The summed E-state index contributed by atoms with van der Waals surface area (Å²) >= 11 is 0. The van der Waals surface area contributed by atoms with E-state index in [4.69, 9.17) is 9.97 Å². The minimum atomic E-state index is -0.515. The maximum Gasteiger partial charge on any atom is 0.160 e. The van der Waals surface area contributed by atoms with Crippen molar-refractivity contribution >= 4 is 0 Å². The van der Waals surface area contributed by atoms with Crippen LogP contribution in [0.25, 0.3) is 78.4 Å². The lowest BCUT2D eigenvalue weighted by Crippen LogP contribution is -2.29. The van der Waals surface area contributed by atoms with Crippen LogP contribution in [0.3, 0.4) is 0 Å². The molecule has 0 bridgehead atoms. The van der Waals surface area contributed by atoms with Gasteiger partial charge < -0.3 is 0 Å². The van der Waals surface area contributed by atoms with Crippen molar-refractivity contribution in [3.63, 3.8) is 0 Å². The van der Waals surface area contributed by atoms with Crippen molar-refractivity contribution in [3.8, 4) is 78.4 Å². The van der Waals surface area contributed by atoms with Gasteiger partial charge in [0.25, 0.3) is 0 Å². The molecule has 9 aromatic rings. The number of nitrogens with zero attached hydrogens (tertiary/aromatic N) is 3. The zero-order chi connectivity index (χ0) is 36.3. The van der Waals surface area contributed by atoms with E-state index in [9.17, 15) is 0 Å². The average Bonchev–Trinajstić information content (AvgIpc) is 3.52. The molecule has 0 amide bonds. The second kappa shape index (κ2) is 12.4. The second-order valence-electron chi connectivity index (χ2n) is 14.3. The summed E-state index contributed by atoms with van der Waals surface area (Å²) in [4.78, 5) is 14.7. The van der Waals surface area contributed by atoms with Crippen LogP contribution < -0.4 is 0 Å². The molecule has 0 saturated carbocycles. The van der Waals surface area contributed by atoms with Gasteiger partial charge in [-0.1, -0.05) is 164 Å². The molecule has 0 fully saturated rings. The van der Waals surface area contributed by atoms with Crippen LogP contribution in [0.5, 0.6) is 0 Å². The fraction of sp³-hybridized carbons (Fsp3) is 0.0192. The van der Waals surface area contributed by atoms with Crippen molar-refractivity contribution in [1.29, 1.82) is 0 Å². The molecule has 0 unspecified atom stereocenters. The van der Waals surface area contributed by atoms with Gasteiger partial charge in [-0.05, 0) is 91.0 Å². The van der Waals surface area contributed by atoms with Crippen LogP contribution in [0.2, 0.25) is 0 Å². The maximum absolute atomic E-state index is 5.31. The minimum Gasteiger partial charge on any atom is -0.265 e. The predicted octanol–water partition coefficient (Wildman–Crippen LogP) is 12.6. The lowest BCUT2D eigenvalue weighted by atomic mass is 9.66. The molecule has 2 aliphatic carbocycles. The molecule has 7 aromatic carbocycles. The van der Waals surface area contributed by atoms with Gasteiger partial charge in [0, 0.05) is 29.1 Å². The number of benzene rings is 7. The minimum absolute atomic E-state index is 0.515. The van der Waals surface area contributed by atoms with Gasteiger partial charge in [0.15, 0.2) is 5.82 Å². The monoisotopic (exact) mass is 699 g/mol. The van der Waals surface area contributed by atoms with E-state index in [-0.39, 0.29) is 0 Å². The third-order valence-electron chi connectivity index (χ3n) is 11.5. The van der Waals surface area contributed by atoms with E-state index in [1.165, 1.54) is 55.6 Å². The summed E-state index contributed by atoms with van der Waals surface area (Å²) in [7, 11) is 0. The first-order valence-corrected chi connectivity index (χ1v) is 18.8. The molecule has 2 aliphatic rings. The van der Waals surface area contributed by atoms with E-state index < -0.39 is 5.41 Å². The summed E-state index contributed by atoms with van der Waals surface area (Å²) in [6.45, 7) is 0. The van der Waals surface area contributed by atoms with E-state index in [0.29, 0.717) is 5.82 Å². The molecule has 3 nitrogen and oxygen atoms in total. The second-order valence-corrected chi connectivity index (χ2v) is 14.3. The molecular formula is C52H33N3. The number of hydrogen-bond donors (Lipinski definition) is 0. The molecule has 1 spiro atoms. The van der Waals surface area contributed by atoms with Crippen molar-refractivity contribution in [2.75, 3.05) is 0 Å². The molecule has 11 rings (SSSR count). The van der Waals surface area contributed by atoms with Crippen LogP contribution in [-0.2, 0) is 5.41 Å². The van der Waals surface area contributed by atoms with Gasteiger partial charge in [-0.25, -0.2) is 9.97 Å². The smallest absolute Gasteiger partial charge is 0.160 e. The van der Waals surface area contributed by atoms with Gasteiger partial charge >= 0.3 is 0 Å². The Kier molecular flexibility index (Phi) is 7.08. The summed E-state index contributed by atoms with van der Waals surface area (Å²) in [6, 6.07) is 68.0. The molecule has 55 heavy (non-hydrogen) atoms. The Bertz CT molecular complexity index is 2870. The van der Waals surface area contributed by atoms with Crippen LogP contribution in [0.15, 0.2) is 200 Å². The summed E-state index contributed by atoms with van der Waals surface area (Å²) in [5.74, 6) is 0.690. The highest BCUT2D eigenvalue weighted by Crippen LogP contribution is 2.61. The first kappa shape index (κ1) is 31.3. The van der Waals surface area contributed by atoms with Crippen molar-refractivity contribution in [2.24, 2.45) is 0 Å². The molecule has 0 saturated heterocycles. The number of pyridine rings is 1. The fourth-order valence-electron chi connectivity index (χ4n) is 9.05. The molecule has 0 radical (unpaired) electrons. The van der Waals surface area contributed by atoms with Gasteiger partial charge in [-0.2, -0.15) is 0 Å². The number of fused-ring (bicyclic) bond motifs is 12. The summed E-state index contributed by atoms with van der Waals surface area (Å²) in [5.41, 5.74) is 19.3. The average molecular weight is 700 g/mol. The van der Waals surface area contributed by atoms with Gasteiger partial charge in [-0.3, -0.25) is 4.98 Å². The Hall–Kier alpha value is -7.23. The van der Waals surface area contributed by atoms with Crippen molar-refractivity contribution in [2.45, 2.75) is 5.41 Å². The third-order valence-corrected chi connectivity index (χ3v) is 11.5. The van der Waals surface area contributed by atoms with Crippen LogP contribution in [0.1, 0.15) is 22.3 Å². The molecule has 2 heterocycles. The quantitative estimate of drug-likeness (QED) is 0.184. The maximum atomic E-state index is 5.31. The SMILES string of the molecule is c1ccc(-c2cc(-c3ccc4c(c3)-c3ccccc3-c3ccccc3C43c4ccccc4-c4ccccc43)nc(-c3ccc(-c4ccncc4)cc3)n2)cc1. The van der Waals surface area contributed by atoms with Gasteiger partial charge in [0.2, 0.25) is 0 Å². The lowest BCUT2D eigenvalue weighted by Gasteiger charge is -2.35. The van der Waals surface area contributed by atoms with Crippen LogP contribution in [0, 0.1) is 0 Å². The predicted molar refractivity (Wildman–Crippen MR) is 223 cm³/mol. The molecule has 2 aromatic heterocycles. The molecule has 0 N–H and O–H groups in total. The van der Waals surface area contributed by atoms with Gasteiger partial charge in [-0.15, -0.1) is 0 Å². The van der Waals surface area contributed by atoms with Crippen LogP contribution >= 0.6 is 0 Å². The van der Waals surface area contributed by atoms with Crippen molar-refractivity contribution < 1.29 is 0 Å².